The summed E-state index contributed by atoms with van der Waals surface area (Å²) in [4.78, 5) is 24.6. The zero-order valence-corrected chi connectivity index (χ0v) is 15.7. The van der Waals surface area contributed by atoms with E-state index in [2.05, 4.69) is 0 Å². The Hall–Kier alpha value is -2.78. The smallest absolute Gasteiger partial charge is 0.269 e. The normalized spacial score (nSPS) is 18.5. The Morgan fingerprint density at radius 2 is 1.63 bits per heavy atom. The molecule has 0 radical (unpaired) electrons. The second-order valence-corrected chi connectivity index (χ2v) is 8.26. The minimum Gasteiger partial charge on any atom is -0.310 e. The van der Waals surface area contributed by atoms with Crippen molar-refractivity contribution in [3.8, 4) is 0 Å². The Bertz CT molecular complexity index is 971. The highest BCUT2D eigenvalue weighted by molar-refractivity contribution is 7.89. The van der Waals surface area contributed by atoms with Crippen molar-refractivity contribution in [2.45, 2.75) is 24.8 Å². The van der Waals surface area contributed by atoms with E-state index in [4.69, 9.17) is 0 Å². The van der Waals surface area contributed by atoms with Crippen molar-refractivity contribution in [1.29, 1.82) is 0 Å². The highest BCUT2D eigenvalue weighted by Gasteiger charge is 2.39. The van der Waals surface area contributed by atoms with Crippen LogP contribution in [-0.4, -0.2) is 42.7 Å². The molecule has 0 saturated carbocycles. The number of sulfonamides is 1. The molecular weight excluding hydrogens is 370 g/mol. The molecule has 0 unspecified atom stereocenters. The molecule has 27 heavy (non-hydrogen) atoms. The van der Waals surface area contributed by atoms with E-state index in [9.17, 15) is 23.3 Å². The monoisotopic (exact) mass is 389 g/mol. The zero-order valence-electron chi connectivity index (χ0n) is 14.9. The third kappa shape index (κ3) is 3.56. The summed E-state index contributed by atoms with van der Waals surface area (Å²) in [5.41, 5.74) is 1.38. The fourth-order valence-corrected chi connectivity index (χ4v) is 4.62. The quantitative estimate of drug-likeness (QED) is 0.590. The molecular formula is C18H19N3O5S. The van der Waals surface area contributed by atoms with E-state index in [1.807, 2.05) is 6.92 Å². The Morgan fingerprint density at radius 3 is 2.19 bits per heavy atom. The lowest BCUT2D eigenvalue weighted by atomic mass is 10.2. The highest BCUT2D eigenvalue weighted by atomic mass is 32.2. The number of carbonyl (C=O) groups is 1. The summed E-state index contributed by atoms with van der Waals surface area (Å²) < 4.78 is 27.0. The van der Waals surface area contributed by atoms with Crippen molar-refractivity contribution in [3.63, 3.8) is 0 Å². The lowest BCUT2D eigenvalue weighted by molar-refractivity contribution is -0.384. The number of benzene rings is 2. The first-order valence-electron chi connectivity index (χ1n) is 8.36. The Balaban J connectivity index is 1.83. The molecule has 3 rings (SSSR count). The summed E-state index contributed by atoms with van der Waals surface area (Å²) in [5, 5.41) is 10.8. The predicted molar refractivity (Wildman–Crippen MR) is 100.0 cm³/mol. The van der Waals surface area contributed by atoms with Gasteiger partial charge < -0.3 is 4.90 Å². The lowest BCUT2D eigenvalue weighted by Gasteiger charge is -2.38. The van der Waals surface area contributed by atoms with Crippen LogP contribution in [0.1, 0.15) is 12.5 Å². The first-order valence-corrected chi connectivity index (χ1v) is 9.80. The highest BCUT2D eigenvalue weighted by Crippen LogP contribution is 2.27. The van der Waals surface area contributed by atoms with E-state index in [-0.39, 0.29) is 29.6 Å². The van der Waals surface area contributed by atoms with E-state index in [1.165, 1.54) is 45.6 Å². The fraction of sp³-hybridized carbons (Fsp3) is 0.278. The molecule has 0 N–H and O–H groups in total. The maximum Gasteiger partial charge on any atom is 0.269 e. The molecule has 1 amide bonds. The molecule has 0 spiro atoms. The van der Waals surface area contributed by atoms with Gasteiger partial charge in [0.1, 0.15) is 6.04 Å². The summed E-state index contributed by atoms with van der Waals surface area (Å²) in [7, 11) is -3.79. The van der Waals surface area contributed by atoms with E-state index in [0.29, 0.717) is 5.69 Å². The number of aryl methyl sites for hydroxylation is 1. The minimum atomic E-state index is -3.79. The number of nitro groups is 1. The van der Waals surface area contributed by atoms with Crippen LogP contribution in [0.5, 0.6) is 0 Å². The lowest BCUT2D eigenvalue weighted by Crippen LogP contribution is -2.57. The van der Waals surface area contributed by atoms with Gasteiger partial charge in [-0.3, -0.25) is 14.9 Å². The number of nitrogens with zero attached hydrogens (tertiary/aromatic N) is 3. The topological polar surface area (TPSA) is 101 Å². The van der Waals surface area contributed by atoms with Crippen LogP contribution in [0.4, 0.5) is 11.4 Å². The van der Waals surface area contributed by atoms with Crippen molar-refractivity contribution < 1.29 is 18.1 Å². The fourth-order valence-electron chi connectivity index (χ4n) is 3.04. The van der Waals surface area contributed by atoms with Crippen LogP contribution in [0.15, 0.2) is 53.4 Å². The minimum absolute atomic E-state index is 0.0696. The number of anilines is 1. The van der Waals surface area contributed by atoms with Gasteiger partial charge in [-0.2, -0.15) is 4.31 Å². The third-order valence-corrected chi connectivity index (χ3v) is 6.58. The molecule has 1 aliphatic rings. The molecule has 1 atom stereocenters. The number of nitro benzene ring substituents is 1. The van der Waals surface area contributed by atoms with Crippen molar-refractivity contribution in [1.82, 2.24) is 4.31 Å². The molecule has 0 bridgehead atoms. The van der Waals surface area contributed by atoms with Gasteiger partial charge in [0.25, 0.3) is 5.69 Å². The summed E-state index contributed by atoms with van der Waals surface area (Å²) in [5.74, 6) is -0.370. The van der Waals surface area contributed by atoms with Crippen molar-refractivity contribution >= 4 is 27.3 Å². The van der Waals surface area contributed by atoms with Crippen LogP contribution in [0.3, 0.4) is 0 Å². The molecule has 0 aliphatic carbocycles. The average Bonchev–Trinajstić information content (AvgIpc) is 2.64. The van der Waals surface area contributed by atoms with Gasteiger partial charge in [-0.15, -0.1) is 0 Å². The summed E-state index contributed by atoms with van der Waals surface area (Å²) >= 11 is 0. The van der Waals surface area contributed by atoms with Gasteiger partial charge in [0.2, 0.25) is 15.9 Å². The maximum atomic E-state index is 12.9. The number of amides is 1. The number of hydrogen-bond donors (Lipinski definition) is 0. The van der Waals surface area contributed by atoms with Crippen molar-refractivity contribution in [3.05, 3.63) is 64.2 Å². The van der Waals surface area contributed by atoms with Gasteiger partial charge in [-0.25, -0.2) is 8.42 Å². The molecule has 142 valence electrons. The largest absolute Gasteiger partial charge is 0.310 e. The Kier molecular flexibility index (Phi) is 4.99. The van der Waals surface area contributed by atoms with Gasteiger partial charge in [-0.05, 0) is 38.1 Å². The van der Waals surface area contributed by atoms with E-state index >= 15 is 0 Å². The average molecular weight is 389 g/mol. The number of non-ortho nitro benzene ring substituents is 1. The predicted octanol–water partition coefficient (Wildman–Crippen LogP) is 2.33. The molecule has 2 aromatic rings. The van der Waals surface area contributed by atoms with Crippen molar-refractivity contribution in [2.75, 3.05) is 18.0 Å². The summed E-state index contributed by atoms with van der Waals surface area (Å²) in [6, 6.07) is 11.2. The molecule has 8 nitrogen and oxygen atoms in total. The van der Waals surface area contributed by atoms with Crippen LogP contribution in [0.2, 0.25) is 0 Å². The Labute approximate surface area is 157 Å². The first kappa shape index (κ1) is 19.0. The second-order valence-electron chi connectivity index (χ2n) is 6.37. The van der Waals surface area contributed by atoms with Crippen LogP contribution in [0, 0.1) is 17.0 Å². The molecule has 1 heterocycles. The zero-order chi connectivity index (χ0) is 19.8. The second kappa shape index (κ2) is 7.09. The molecule has 2 aromatic carbocycles. The van der Waals surface area contributed by atoms with Gasteiger partial charge in [-0.1, -0.05) is 17.7 Å². The Morgan fingerprint density at radius 1 is 1.04 bits per heavy atom. The number of piperazine rings is 1. The van der Waals surface area contributed by atoms with E-state index in [0.717, 1.165) is 5.56 Å². The number of hydrogen-bond acceptors (Lipinski definition) is 5. The van der Waals surface area contributed by atoms with Crippen molar-refractivity contribution in [2.24, 2.45) is 0 Å². The summed E-state index contributed by atoms with van der Waals surface area (Å²) in [6.45, 7) is 3.73. The van der Waals surface area contributed by atoms with Gasteiger partial charge in [0, 0.05) is 30.9 Å². The van der Waals surface area contributed by atoms with Gasteiger partial charge in [0.15, 0.2) is 0 Å². The first-order chi connectivity index (χ1) is 12.7. The standard InChI is InChI=1S/C18H19N3O5S/c1-13-3-9-17(10-4-13)27(25,26)20-12-11-19(18(22)14(20)2)15-5-7-16(8-6-15)21(23)24/h3-10,14H,11-12H2,1-2H3/t14-/m1/s1. The molecule has 1 saturated heterocycles. The molecule has 1 aliphatic heterocycles. The van der Waals surface area contributed by atoms with Crippen LogP contribution in [-0.2, 0) is 14.8 Å². The molecule has 0 aromatic heterocycles. The van der Waals surface area contributed by atoms with E-state index < -0.39 is 21.0 Å². The van der Waals surface area contributed by atoms with Gasteiger partial charge in [0.05, 0.1) is 9.82 Å². The third-order valence-electron chi connectivity index (χ3n) is 4.60. The SMILES string of the molecule is Cc1ccc(S(=O)(=O)N2CCN(c3ccc([N+](=O)[O-])cc3)C(=O)[C@H]2C)cc1. The summed E-state index contributed by atoms with van der Waals surface area (Å²) in [6.07, 6.45) is 0. The van der Waals surface area contributed by atoms with Gasteiger partial charge >= 0.3 is 0 Å². The molecule has 1 fully saturated rings. The maximum absolute atomic E-state index is 12.9. The number of rotatable bonds is 4. The molecule has 9 heteroatoms. The van der Waals surface area contributed by atoms with Crippen LogP contribution < -0.4 is 4.90 Å². The van der Waals surface area contributed by atoms with Crippen LogP contribution in [0.25, 0.3) is 0 Å². The number of carbonyl (C=O) groups excluding carboxylic acids is 1. The van der Waals surface area contributed by atoms with Crippen LogP contribution >= 0.6 is 0 Å². The van der Waals surface area contributed by atoms with E-state index in [1.54, 1.807) is 19.1 Å².